The van der Waals surface area contributed by atoms with E-state index in [0.29, 0.717) is 41.0 Å². The number of rotatable bonds is 8. The molecule has 0 aliphatic rings. The Balaban J connectivity index is 0.000000291. The molecule has 0 aliphatic heterocycles. The molecule has 29 heavy (non-hydrogen) atoms. The molecule has 0 aliphatic carbocycles. The number of aryl methyl sites for hydroxylation is 2. The minimum absolute atomic E-state index is 0.123. The second-order valence-electron chi connectivity index (χ2n) is 6.17. The molecule has 0 saturated carbocycles. The van der Waals surface area contributed by atoms with E-state index < -0.39 is 5.97 Å². The molecular weight excluding hydrogens is 514 g/mol. The van der Waals surface area contributed by atoms with Gasteiger partial charge in [-0.1, -0.05) is 12.1 Å². The summed E-state index contributed by atoms with van der Waals surface area (Å²) >= 11 is 6.13. The molecule has 158 valence electrons. The second-order valence-corrected chi connectivity index (χ2v) is 7.88. The Bertz CT molecular complexity index is 828. The molecule has 2 aromatic carbocycles. The Hall–Kier alpha value is -1.80. The van der Waals surface area contributed by atoms with Gasteiger partial charge in [-0.15, -0.1) is 0 Å². The van der Waals surface area contributed by atoms with E-state index in [9.17, 15) is 18.4 Å². The molecule has 0 atom stereocenters. The van der Waals surface area contributed by atoms with Gasteiger partial charge in [0.1, 0.15) is 11.6 Å². The zero-order valence-electron chi connectivity index (χ0n) is 15.9. The molecule has 2 rings (SSSR count). The normalized spacial score (nSPS) is 10.1. The van der Waals surface area contributed by atoms with Crippen LogP contribution in [0.2, 0.25) is 0 Å². The fraction of sp³-hybridized carbons (Fsp3) is 0.333. The molecule has 0 aromatic heterocycles. The smallest absolute Gasteiger partial charge is 0.305 e. The standard InChI is InChI=1S/C11H12BrFO2.C10H10BrFO2/c1-15-11(14)4-2-3-8-5-6-9(12)10(13)7-8;11-8-5-4-7(6-9(8)12)2-1-3-10(13)14/h5-7H,2-4H2,1H3;4-6H,1-3H2,(H,13,14). The third-order valence-electron chi connectivity index (χ3n) is 3.90. The van der Waals surface area contributed by atoms with Gasteiger partial charge in [-0.2, -0.15) is 0 Å². The molecule has 0 bridgehead atoms. The average molecular weight is 536 g/mol. The number of halogens is 4. The van der Waals surface area contributed by atoms with Crippen LogP contribution in [-0.4, -0.2) is 24.2 Å². The quantitative estimate of drug-likeness (QED) is 0.416. The van der Waals surface area contributed by atoms with Gasteiger partial charge in [0, 0.05) is 12.8 Å². The van der Waals surface area contributed by atoms with Crippen LogP contribution in [0.3, 0.4) is 0 Å². The summed E-state index contributed by atoms with van der Waals surface area (Å²) in [5.41, 5.74) is 1.71. The summed E-state index contributed by atoms with van der Waals surface area (Å²) in [7, 11) is 1.36. The van der Waals surface area contributed by atoms with Crippen molar-refractivity contribution in [1.29, 1.82) is 0 Å². The van der Waals surface area contributed by atoms with Crippen molar-refractivity contribution in [3.8, 4) is 0 Å². The van der Waals surface area contributed by atoms with Crippen molar-refractivity contribution < 1.29 is 28.2 Å². The molecule has 0 saturated heterocycles. The van der Waals surface area contributed by atoms with Crippen molar-refractivity contribution >= 4 is 43.8 Å². The van der Waals surface area contributed by atoms with Crippen molar-refractivity contribution in [2.45, 2.75) is 38.5 Å². The van der Waals surface area contributed by atoms with Gasteiger partial charge in [-0.25, -0.2) is 8.78 Å². The third kappa shape index (κ3) is 10.5. The first-order valence-corrected chi connectivity index (χ1v) is 10.5. The van der Waals surface area contributed by atoms with E-state index in [1.54, 1.807) is 18.2 Å². The van der Waals surface area contributed by atoms with E-state index in [1.807, 2.05) is 6.07 Å². The summed E-state index contributed by atoms with van der Waals surface area (Å²) in [6.07, 6.45) is 2.98. The average Bonchev–Trinajstić information content (AvgIpc) is 2.67. The van der Waals surface area contributed by atoms with Crippen LogP contribution in [-0.2, 0) is 27.2 Å². The summed E-state index contributed by atoms with van der Waals surface area (Å²) in [5, 5.41) is 8.41. The molecule has 1 N–H and O–H groups in total. The first kappa shape index (κ1) is 25.2. The minimum atomic E-state index is -0.817. The Labute approximate surface area is 185 Å². The molecule has 0 fully saturated rings. The molecule has 0 unspecified atom stereocenters. The van der Waals surface area contributed by atoms with E-state index >= 15 is 0 Å². The molecule has 0 spiro atoms. The number of methoxy groups -OCH3 is 1. The summed E-state index contributed by atoms with van der Waals surface area (Å²) in [6, 6.07) is 9.82. The first-order chi connectivity index (χ1) is 13.7. The van der Waals surface area contributed by atoms with Crippen molar-refractivity contribution in [2.75, 3.05) is 7.11 Å². The van der Waals surface area contributed by atoms with Gasteiger partial charge in [0.2, 0.25) is 0 Å². The largest absolute Gasteiger partial charge is 0.481 e. The Morgan fingerprint density at radius 3 is 1.72 bits per heavy atom. The summed E-state index contributed by atoms with van der Waals surface area (Å²) in [4.78, 5) is 21.0. The molecule has 2 aromatic rings. The van der Waals surface area contributed by atoms with Crippen LogP contribution in [0.5, 0.6) is 0 Å². The van der Waals surface area contributed by atoms with Crippen molar-refractivity contribution in [3.63, 3.8) is 0 Å². The number of esters is 1. The number of benzene rings is 2. The molecule has 0 heterocycles. The summed E-state index contributed by atoms with van der Waals surface area (Å²) in [6.45, 7) is 0. The predicted octanol–water partition coefficient (Wildman–Crippen LogP) is 6.08. The van der Waals surface area contributed by atoms with Crippen molar-refractivity contribution in [3.05, 3.63) is 68.1 Å². The van der Waals surface area contributed by atoms with Gasteiger partial charge in [0.15, 0.2) is 0 Å². The minimum Gasteiger partial charge on any atom is -0.481 e. The lowest BCUT2D eigenvalue weighted by Crippen LogP contribution is -2.00. The zero-order valence-corrected chi connectivity index (χ0v) is 19.1. The summed E-state index contributed by atoms with van der Waals surface area (Å²) in [5.74, 6) is -1.63. The second kappa shape index (κ2) is 13.4. The lowest BCUT2D eigenvalue weighted by molar-refractivity contribution is -0.140. The highest BCUT2D eigenvalue weighted by Crippen LogP contribution is 2.18. The molecule has 8 heteroatoms. The lowest BCUT2D eigenvalue weighted by Gasteiger charge is -2.02. The number of hydrogen-bond acceptors (Lipinski definition) is 3. The van der Waals surface area contributed by atoms with Crippen LogP contribution in [0.15, 0.2) is 45.3 Å². The monoisotopic (exact) mass is 534 g/mol. The number of carbonyl (C=O) groups excluding carboxylic acids is 1. The van der Waals surface area contributed by atoms with Gasteiger partial charge in [-0.3, -0.25) is 9.59 Å². The van der Waals surface area contributed by atoms with Gasteiger partial charge < -0.3 is 9.84 Å². The van der Waals surface area contributed by atoms with Crippen LogP contribution in [0.4, 0.5) is 8.78 Å². The maximum absolute atomic E-state index is 13.1. The fourth-order valence-corrected chi connectivity index (χ4v) is 2.87. The predicted molar refractivity (Wildman–Crippen MR) is 114 cm³/mol. The highest BCUT2D eigenvalue weighted by molar-refractivity contribution is 9.10. The van der Waals surface area contributed by atoms with E-state index in [-0.39, 0.29) is 24.0 Å². The lowest BCUT2D eigenvalue weighted by atomic mass is 10.1. The molecular formula is C21H22Br2F2O4. The first-order valence-electron chi connectivity index (χ1n) is 8.89. The number of carboxylic acid groups (broad SMARTS) is 1. The van der Waals surface area contributed by atoms with Crippen LogP contribution in [0, 0.1) is 11.6 Å². The highest BCUT2D eigenvalue weighted by Gasteiger charge is 2.04. The van der Waals surface area contributed by atoms with Crippen molar-refractivity contribution in [2.24, 2.45) is 0 Å². The van der Waals surface area contributed by atoms with Crippen LogP contribution in [0.1, 0.15) is 36.8 Å². The van der Waals surface area contributed by atoms with Gasteiger partial charge in [0.25, 0.3) is 0 Å². The molecule has 0 amide bonds. The number of hydrogen-bond donors (Lipinski definition) is 1. The maximum atomic E-state index is 13.1. The van der Waals surface area contributed by atoms with Gasteiger partial charge >= 0.3 is 11.9 Å². The van der Waals surface area contributed by atoms with E-state index in [1.165, 1.54) is 19.2 Å². The Morgan fingerprint density at radius 1 is 0.897 bits per heavy atom. The number of aliphatic carboxylic acids is 1. The topological polar surface area (TPSA) is 63.6 Å². The van der Waals surface area contributed by atoms with Crippen molar-refractivity contribution in [1.82, 2.24) is 0 Å². The zero-order chi connectivity index (χ0) is 21.8. The Kier molecular flexibility index (Phi) is 11.7. The molecule has 0 radical (unpaired) electrons. The third-order valence-corrected chi connectivity index (χ3v) is 5.18. The summed E-state index contributed by atoms with van der Waals surface area (Å²) < 4.78 is 31.5. The van der Waals surface area contributed by atoms with Gasteiger partial charge in [0.05, 0.1) is 16.1 Å². The van der Waals surface area contributed by atoms with Crippen LogP contribution < -0.4 is 0 Å². The highest BCUT2D eigenvalue weighted by atomic mass is 79.9. The maximum Gasteiger partial charge on any atom is 0.305 e. The van der Waals surface area contributed by atoms with Gasteiger partial charge in [-0.05, 0) is 92.9 Å². The van der Waals surface area contributed by atoms with E-state index in [0.717, 1.165) is 11.1 Å². The number of carboxylic acids is 1. The van der Waals surface area contributed by atoms with E-state index in [2.05, 4.69) is 36.6 Å². The SMILES string of the molecule is COC(=O)CCCc1ccc(Br)c(F)c1.O=C(O)CCCc1ccc(Br)c(F)c1. The number of carbonyl (C=O) groups is 2. The van der Waals surface area contributed by atoms with Crippen LogP contribution >= 0.6 is 31.9 Å². The Morgan fingerprint density at radius 2 is 1.34 bits per heavy atom. The molecule has 4 nitrogen and oxygen atoms in total. The van der Waals surface area contributed by atoms with E-state index in [4.69, 9.17) is 5.11 Å². The number of ether oxygens (including phenoxy) is 1. The fourth-order valence-electron chi connectivity index (χ4n) is 2.37. The van der Waals surface area contributed by atoms with Crippen LogP contribution in [0.25, 0.3) is 0 Å².